The molecule has 0 N–H and O–H groups in total. The first kappa shape index (κ1) is 27.7. The van der Waals surface area contributed by atoms with E-state index in [1.807, 2.05) is 30.3 Å². The third-order valence-electron chi connectivity index (χ3n) is 6.44. The molecule has 0 aliphatic carbocycles. The molecule has 1 rings (SSSR count). The Bertz CT molecular complexity index is 525. The largest absolute Gasteiger partial charge is 0.459 e. The van der Waals surface area contributed by atoms with Crippen molar-refractivity contribution in [3.63, 3.8) is 0 Å². The number of esters is 1. The van der Waals surface area contributed by atoms with Gasteiger partial charge in [-0.2, -0.15) is 0 Å². The van der Waals surface area contributed by atoms with E-state index in [1.54, 1.807) is 0 Å². The number of carbonyl (C=O) groups excluding carboxylic acids is 1. The smallest absolute Gasteiger partial charge is 0.338 e. The van der Waals surface area contributed by atoms with E-state index in [2.05, 4.69) is 20.8 Å². The van der Waals surface area contributed by atoms with E-state index in [4.69, 9.17) is 4.74 Å². The first-order valence-corrected chi connectivity index (χ1v) is 13.5. The third kappa shape index (κ3) is 14.4. The molecule has 0 aromatic heterocycles. The van der Waals surface area contributed by atoms with Gasteiger partial charge in [-0.3, -0.25) is 0 Å². The normalized spacial score (nSPS) is 13.1. The molecule has 2 nitrogen and oxygen atoms in total. The molecule has 0 saturated heterocycles. The van der Waals surface area contributed by atoms with Gasteiger partial charge in [-0.05, 0) is 37.3 Å². The molecule has 178 valence electrons. The van der Waals surface area contributed by atoms with E-state index < -0.39 is 0 Å². The maximum absolute atomic E-state index is 12.7. The van der Waals surface area contributed by atoms with Crippen LogP contribution < -0.4 is 0 Å². The van der Waals surface area contributed by atoms with Crippen molar-refractivity contribution in [2.24, 2.45) is 5.92 Å². The van der Waals surface area contributed by atoms with E-state index >= 15 is 0 Å². The highest BCUT2D eigenvalue weighted by Gasteiger charge is 2.20. The van der Waals surface area contributed by atoms with Crippen LogP contribution in [0, 0.1) is 5.92 Å². The van der Waals surface area contributed by atoms with Gasteiger partial charge in [0.1, 0.15) is 6.10 Å². The van der Waals surface area contributed by atoms with Gasteiger partial charge >= 0.3 is 5.97 Å². The van der Waals surface area contributed by atoms with Gasteiger partial charge in [0, 0.05) is 0 Å². The number of hydrogen-bond acceptors (Lipinski definition) is 2. The lowest BCUT2D eigenvalue weighted by Gasteiger charge is -2.24. The minimum absolute atomic E-state index is 0.0653. The zero-order valence-corrected chi connectivity index (χ0v) is 20.9. The molecule has 0 amide bonds. The second-order valence-electron chi connectivity index (χ2n) is 9.40. The highest BCUT2D eigenvalue weighted by molar-refractivity contribution is 5.89. The molecule has 0 fully saturated rings. The SMILES string of the molecule is CCCCCCCCC(CCCCCC)CC(CCCCC)OC(=O)c1ccccc1. The average Bonchev–Trinajstić information content (AvgIpc) is 2.79. The van der Waals surface area contributed by atoms with Gasteiger partial charge in [-0.25, -0.2) is 4.79 Å². The molecule has 0 aliphatic rings. The fourth-order valence-corrected chi connectivity index (χ4v) is 4.47. The van der Waals surface area contributed by atoms with Crippen molar-refractivity contribution >= 4 is 5.97 Å². The second kappa shape index (κ2) is 19.4. The maximum Gasteiger partial charge on any atom is 0.338 e. The summed E-state index contributed by atoms with van der Waals surface area (Å²) in [6, 6.07) is 9.51. The van der Waals surface area contributed by atoms with Crippen LogP contribution in [0.25, 0.3) is 0 Å². The van der Waals surface area contributed by atoms with Gasteiger partial charge in [-0.15, -0.1) is 0 Å². The lowest BCUT2D eigenvalue weighted by atomic mass is 9.88. The predicted octanol–water partition coefficient (Wildman–Crippen LogP) is 9.52. The Balaban J connectivity index is 2.63. The van der Waals surface area contributed by atoms with Crippen molar-refractivity contribution in [3.05, 3.63) is 35.9 Å². The van der Waals surface area contributed by atoms with Crippen LogP contribution in [0.3, 0.4) is 0 Å². The number of unbranched alkanes of at least 4 members (excludes halogenated alkanes) is 10. The number of carbonyl (C=O) groups is 1. The summed E-state index contributed by atoms with van der Waals surface area (Å²) in [5.74, 6) is 0.546. The summed E-state index contributed by atoms with van der Waals surface area (Å²) in [6.07, 6.45) is 21.7. The molecular formula is C29H50O2. The number of hydrogen-bond donors (Lipinski definition) is 0. The highest BCUT2D eigenvalue weighted by atomic mass is 16.5. The van der Waals surface area contributed by atoms with Gasteiger partial charge in [0.15, 0.2) is 0 Å². The lowest BCUT2D eigenvalue weighted by Crippen LogP contribution is -2.22. The van der Waals surface area contributed by atoms with Crippen LogP contribution in [0.2, 0.25) is 0 Å². The quantitative estimate of drug-likeness (QED) is 0.152. The van der Waals surface area contributed by atoms with E-state index in [1.165, 1.54) is 89.9 Å². The molecule has 2 atom stereocenters. The fraction of sp³-hybridized carbons (Fsp3) is 0.759. The molecule has 1 aromatic rings. The van der Waals surface area contributed by atoms with Crippen molar-refractivity contribution in [2.75, 3.05) is 0 Å². The van der Waals surface area contributed by atoms with Gasteiger partial charge in [0.25, 0.3) is 0 Å². The van der Waals surface area contributed by atoms with Crippen molar-refractivity contribution in [3.8, 4) is 0 Å². The molecular weight excluding hydrogens is 380 g/mol. The molecule has 1 aromatic carbocycles. The molecule has 2 unspecified atom stereocenters. The van der Waals surface area contributed by atoms with Gasteiger partial charge in [0.05, 0.1) is 5.56 Å². The minimum atomic E-state index is -0.147. The number of ether oxygens (including phenoxy) is 1. The fourth-order valence-electron chi connectivity index (χ4n) is 4.47. The monoisotopic (exact) mass is 430 g/mol. The summed E-state index contributed by atoms with van der Waals surface area (Å²) in [6.45, 7) is 6.79. The Labute approximate surface area is 193 Å². The van der Waals surface area contributed by atoms with Crippen molar-refractivity contribution in [1.82, 2.24) is 0 Å². The molecule has 0 radical (unpaired) electrons. The molecule has 2 heteroatoms. The number of rotatable bonds is 20. The molecule has 0 saturated carbocycles. The van der Waals surface area contributed by atoms with Crippen LogP contribution in [-0.4, -0.2) is 12.1 Å². The Kier molecular flexibility index (Phi) is 17.3. The topological polar surface area (TPSA) is 26.3 Å². The minimum Gasteiger partial charge on any atom is -0.459 e. The molecule has 31 heavy (non-hydrogen) atoms. The third-order valence-corrected chi connectivity index (χ3v) is 6.44. The van der Waals surface area contributed by atoms with E-state index in [0.29, 0.717) is 11.5 Å². The average molecular weight is 431 g/mol. The molecule has 0 aliphatic heterocycles. The summed E-state index contributed by atoms with van der Waals surface area (Å²) < 4.78 is 6.06. The zero-order chi connectivity index (χ0) is 22.6. The van der Waals surface area contributed by atoms with Crippen molar-refractivity contribution in [2.45, 2.75) is 136 Å². The van der Waals surface area contributed by atoms with Crippen LogP contribution >= 0.6 is 0 Å². The second-order valence-corrected chi connectivity index (χ2v) is 9.40. The molecule has 0 spiro atoms. The molecule has 0 heterocycles. The summed E-state index contributed by atoms with van der Waals surface area (Å²) in [5.41, 5.74) is 0.679. The Morgan fingerprint density at radius 2 is 1.16 bits per heavy atom. The predicted molar refractivity (Wildman–Crippen MR) is 135 cm³/mol. The number of benzene rings is 1. The van der Waals surface area contributed by atoms with Gasteiger partial charge < -0.3 is 4.74 Å². The standard InChI is InChI=1S/C29H50O2/c1-4-7-10-12-13-17-21-26(20-16-11-8-5-2)25-28(24-15-9-6-3)31-29(30)27-22-18-14-19-23-27/h14,18-19,22-23,26,28H,4-13,15-17,20-21,24-25H2,1-3H3. The van der Waals surface area contributed by atoms with Gasteiger partial charge in [0.2, 0.25) is 0 Å². The van der Waals surface area contributed by atoms with Crippen LogP contribution in [-0.2, 0) is 4.74 Å². The van der Waals surface area contributed by atoms with E-state index in [-0.39, 0.29) is 12.1 Å². The Morgan fingerprint density at radius 1 is 0.677 bits per heavy atom. The first-order valence-electron chi connectivity index (χ1n) is 13.5. The first-order chi connectivity index (χ1) is 15.2. The van der Waals surface area contributed by atoms with Crippen LogP contribution in [0.4, 0.5) is 0 Å². The van der Waals surface area contributed by atoms with E-state index in [0.717, 1.165) is 19.3 Å². The Morgan fingerprint density at radius 3 is 1.77 bits per heavy atom. The highest BCUT2D eigenvalue weighted by Crippen LogP contribution is 2.27. The van der Waals surface area contributed by atoms with Gasteiger partial charge in [-0.1, -0.05) is 129 Å². The summed E-state index contributed by atoms with van der Waals surface area (Å²) in [4.78, 5) is 12.7. The lowest BCUT2D eigenvalue weighted by molar-refractivity contribution is 0.0203. The van der Waals surface area contributed by atoms with Crippen molar-refractivity contribution in [1.29, 1.82) is 0 Å². The molecule has 0 bridgehead atoms. The van der Waals surface area contributed by atoms with Crippen LogP contribution in [0.15, 0.2) is 30.3 Å². The Hall–Kier alpha value is -1.31. The zero-order valence-electron chi connectivity index (χ0n) is 20.9. The van der Waals surface area contributed by atoms with Crippen LogP contribution in [0.5, 0.6) is 0 Å². The summed E-state index contributed by atoms with van der Waals surface area (Å²) in [5, 5.41) is 0. The van der Waals surface area contributed by atoms with Crippen molar-refractivity contribution < 1.29 is 9.53 Å². The summed E-state index contributed by atoms with van der Waals surface area (Å²) in [7, 11) is 0. The van der Waals surface area contributed by atoms with Crippen LogP contribution in [0.1, 0.15) is 140 Å². The maximum atomic E-state index is 12.7. The van der Waals surface area contributed by atoms with E-state index in [9.17, 15) is 4.79 Å². The summed E-state index contributed by atoms with van der Waals surface area (Å²) >= 11 is 0.